The zero-order valence-electron chi connectivity index (χ0n) is 22.1. The number of aliphatic hydroxyl groups excluding tert-OH is 2. The minimum Gasteiger partial charge on any atom is -0.394 e. The molecule has 1 aromatic carbocycles. The van der Waals surface area contributed by atoms with Crippen LogP contribution in [0.4, 0.5) is 11.4 Å². The monoisotopic (exact) mass is 518 g/mol. The van der Waals surface area contributed by atoms with Crippen LogP contribution in [0.3, 0.4) is 0 Å². The van der Waals surface area contributed by atoms with Gasteiger partial charge in [0.25, 0.3) is 11.5 Å². The van der Waals surface area contributed by atoms with Crippen molar-refractivity contribution in [3.63, 3.8) is 0 Å². The molecule has 3 rings (SSSR count). The van der Waals surface area contributed by atoms with Gasteiger partial charge in [0.15, 0.2) is 5.69 Å². The van der Waals surface area contributed by atoms with Gasteiger partial charge in [-0.3, -0.25) is 23.2 Å². The molecule has 0 unspecified atom stereocenters. The fourth-order valence-corrected chi connectivity index (χ4v) is 4.57. The van der Waals surface area contributed by atoms with Crippen LogP contribution in [0.5, 0.6) is 0 Å². The molecule has 1 aromatic heterocycles. The molecule has 37 heavy (non-hydrogen) atoms. The lowest BCUT2D eigenvalue weighted by Crippen LogP contribution is -2.42. The molecule has 2 heterocycles. The van der Waals surface area contributed by atoms with Crippen molar-refractivity contribution in [2.24, 2.45) is 0 Å². The molecular weight excluding hydrogens is 478 g/mol. The maximum atomic E-state index is 13.0. The van der Waals surface area contributed by atoms with Gasteiger partial charge in [-0.1, -0.05) is 12.8 Å². The van der Waals surface area contributed by atoms with Gasteiger partial charge in [0.1, 0.15) is 12.3 Å². The molecule has 11 nitrogen and oxygen atoms in total. The summed E-state index contributed by atoms with van der Waals surface area (Å²) in [5, 5.41) is 22.2. The molecule has 1 aliphatic heterocycles. The smallest absolute Gasteiger partial charge is 0.333 e. The number of amides is 1. The first-order valence-corrected chi connectivity index (χ1v) is 12.7. The van der Waals surface area contributed by atoms with Crippen molar-refractivity contribution in [3.05, 3.63) is 56.4 Å². The standard InChI is InChI=1S/C26H39N5O6/c1-17-15-30(23-14-21(33)22(16-32)37-23)26(36)29(25(17)35)12-8-6-5-7-11-28-24(34)18-9-10-20(19(27)13-18)31(2,3)4/h9-10,13,15,21-23,32-33H,5-8,11-12,14,16,27H2,1-4H3/p+1/t21-,22+,23+/m0/s1. The molecule has 1 amide bonds. The Morgan fingerprint density at radius 1 is 1.19 bits per heavy atom. The summed E-state index contributed by atoms with van der Waals surface area (Å²) in [6.45, 7) is 2.07. The zero-order chi connectivity index (χ0) is 27.3. The number of nitrogens with zero attached hydrogens (tertiary/aromatic N) is 3. The highest BCUT2D eigenvalue weighted by Crippen LogP contribution is 2.27. The summed E-state index contributed by atoms with van der Waals surface area (Å²) in [7, 11) is 6.04. The third kappa shape index (κ3) is 6.86. The Morgan fingerprint density at radius 3 is 2.51 bits per heavy atom. The molecular formula is C26H40N5O6+. The van der Waals surface area contributed by atoms with Gasteiger partial charge < -0.3 is 26.0 Å². The Hall–Kier alpha value is -2.99. The second-order valence-electron chi connectivity index (χ2n) is 10.5. The van der Waals surface area contributed by atoms with Gasteiger partial charge in [0.05, 0.1) is 39.5 Å². The molecule has 1 aliphatic rings. The molecule has 0 radical (unpaired) electrons. The average molecular weight is 519 g/mol. The molecule has 5 N–H and O–H groups in total. The summed E-state index contributed by atoms with van der Waals surface area (Å²) in [5.41, 5.74) is 7.74. The summed E-state index contributed by atoms with van der Waals surface area (Å²) < 4.78 is 8.68. The van der Waals surface area contributed by atoms with Gasteiger partial charge in [-0.05, 0) is 31.9 Å². The first-order valence-electron chi connectivity index (χ1n) is 12.7. The third-order valence-corrected chi connectivity index (χ3v) is 6.67. The molecule has 0 saturated carbocycles. The lowest BCUT2D eigenvalue weighted by Gasteiger charge is -2.25. The van der Waals surface area contributed by atoms with Crippen molar-refractivity contribution in [1.29, 1.82) is 0 Å². The van der Waals surface area contributed by atoms with Crippen LogP contribution in [0.25, 0.3) is 0 Å². The van der Waals surface area contributed by atoms with Gasteiger partial charge in [-0.2, -0.15) is 0 Å². The number of benzene rings is 1. The first-order chi connectivity index (χ1) is 17.4. The Kier molecular flexibility index (Phi) is 9.30. The predicted molar refractivity (Wildman–Crippen MR) is 143 cm³/mol. The number of carbonyl (C=O) groups excluding carboxylic acids is 1. The number of nitrogen functional groups attached to an aromatic ring is 1. The highest BCUT2D eigenvalue weighted by Gasteiger charge is 2.35. The van der Waals surface area contributed by atoms with Crippen LogP contribution in [0.15, 0.2) is 34.0 Å². The third-order valence-electron chi connectivity index (χ3n) is 6.67. The number of quaternary nitrogens is 1. The maximum Gasteiger partial charge on any atom is 0.333 e. The molecule has 0 bridgehead atoms. The number of unbranched alkanes of at least 4 members (excludes halogenated alkanes) is 3. The van der Waals surface area contributed by atoms with Crippen molar-refractivity contribution in [2.45, 2.75) is 64.0 Å². The summed E-state index contributed by atoms with van der Waals surface area (Å²) >= 11 is 0. The Bertz CT molecular complexity index is 1220. The normalized spacial score (nSPS) is 19.8. The van der Waals surface area contributed by atoms with Crippen molar-refractivity contribution < 1.29 is 19.7 Å². The first kappa shape index (κ1) is 28.6. The average Bonchev–Trinajstić information content (AvgIpc) is 3.21. The number of rotatable bonds is 11. The maximum absolute atomic E-state index is 13.0. The van der Waals surface area contributed by atoms with Gasteiger partial charge in [0, 0.05) is 42.9 Å². The summed E-state index contributed by atoms with van der Waals surface area (Å²) in [4.78, 5) is 38.0. The molecule has 11 heteroatoms. The number of aryl methyl sites for hydroxylation is 1. The lowest BCUT2D eigenvalue weighted by molar-refractivity contribution is -0.0464. The van der Waals surface area contributed by atoms with Crippen LogP contribution in [-0.4, -0.2) is 71.8 Å². The fraction of sp³-hybridized carbons (Fsp3) is 0.577. The largest absolute Gasteiger partial charge is 0.394 e. The number of hydrogen-bond donors (Lipinski definition) is 4. The highest BCUT2D eigenvalue weighted by atomic mass is 16.5. The van der Waals surface area contributed by atoms with Gasteiger partial charge >= 0.3 is 5.69 Å². The number of aromatic nitrogens is 2. The van der Waals surface area contributed by atoms with E-state index >= 15 is 0 Å². The van der Waals surface area contributed by atoms with E-state index in [-0.39, 0.29) is 31.0 Å². The van der Waals surface area contributed by atoms with Crippen molar-refractivity contribution >= 4 is 17.3 Å². The zero-order valence-corrected chi connectivity index (χ0v) is 22.1. The van der Waals surface area contributed by atoms with E-state index in [1.165, 1.54) is 15.3 Å². The van der Waals surface area contributed by atoms with E-state index in [0.717, 1.165) is 24.9 Å². The van der Waals surface area contributed by atoms with Crippen molar-refractivity contribution in [3.8, 4) is 0 Å². The van der Waals surface area contributed by atoms with Crippen LogP contribution in [-0.2, 0) is 11.3 Å². The van der Waals surface area contributed by atoms with Gasteiger partial charge in [-0.25, -0.2) is 4.79 Å². The van der Waals surface area contributed by atoms with E-state index in [1.807, 2.05) is 27.2 Å². The fourth-order valence-electron chi connectivity index (χ4n) is 4.57. The van der Waals surface area contributed by atoms with Crippen LogP contribution >= 0.6 is 0 Å². The SMILES string of the molecule is Cc1cn([C@H]2C[C@H](O)[C@@H](CO)O2)c(=O)n(CCCCCCNC(=O)c2ccc([N+](C)(C)C)c(N)c2)c1=O. The summed E-state index contributed by atoms with van der Waals surface area (Å²) in [5.74, 6) is -0.172. The van der Waals surface area contributed by atoms with Gasteiger partial charge in [-0.15, -0.1) is 0 Å². The number of nitrogens with one attached hydrogen (secondary N) is 1. The van der Waals surface area contributed by atoms with E-state index in [1.54, 1.807) is 19.1 Å². The topological polar surface area (TPSA) is 149 Å². The van der Waals surface area contributed by atoms with Crippen LogP contribution in [0.1, 0.15) is 54.3 Å². The highest BCUT2D eigenvalue weighted by molar-refractivity contribution is 5.96. The quantitative estimate of drug-likeness (QED) is 0.195. The van der Waals surface area contributed by atoms with E-state index in [4.69, 9.17) is 10.5 Å². The van der Waals surface area contributed by atoms with Crippen molar-refractivity contribution in [2.75, 3.05) is 40.0 Å². The Morgan fingerprint density at radius 2 is 1.89 bits per heavy atom. The summed E-state index contributed by atoms with van der Waals surface area (Å²) in [6, 6.07) is 5.34. The Balaban J connectivity index is 1.47. The number of nitrogens with two attached hydrogens (primary N) is 1. The number of anilines is 1. The van der Waals surface area contributed by atoms with Crippen LogP contribution in [0.2, 0.25) is 0 Å². The number of ether oxygens (including phenoxy) is 1. The molecule has 2 aromatic rings. The van der Waals surface area contributed by atoms with Crippen LogP contribution < -0.4 is 26.8 Å². The molecule has 1 saturated heterocycles. The predicted octanol–water partition coefficient (Wildman–Crippen LogP) is 0.728. The molecule has 3 atom stereocenters. The molecule has 0 spiro atoms. The molecule has 0 aliphatic carbocycles. The second kappa shape index (κ2) is 12.0. The minimum atomic E-state index is -0.873. The van der Waals surface area contributed by atoms with E-state index < -0.39 is 24.1 Å². The Labute approximate surface area is 216 Å². The molecule has 1 fully saturated rings. The van der Waals surface area contributed by atoms with Crippen LogP contribution in [0, 0.1) is 6.92 Å². The van der Waals surface area contributed by atoms with E-state index in [0.29, 0.717) is 34.3 Å². The van der Waals surface area contributed by atoms with Gasteiger partial charge in [0.2, 0.25) is 0 Å². The van der Waals surface area contributed by atoms with E-state index in [9.17, 15) is 24.6 Å². The lowest BCUT2D eigenvalue weighted by atomic mass is 10.1. The van der Waals surface area contributed by atoms with E-state index in [2.05, 4.69) is 5.32 Å². The second-order valence-corrected chi connectivity index (χ2v) is 10.5. The minimum absolute atomic E-state index is 0.168. The van der Waals surface area contributed by atoms with Crippen molar-refractivity contribution in [1.82, 2.24) is 18.9 Å². The number of aliphatic hydroxyl groups is 2. The molecule has 204 valence electrons. The number of hydrogen-bond acceptors (Lipinski definition) is 7. The summed E-state index contributed by atoms with van der Waals surface area (Å²) in [6.07, 6.45) is 2.27. The number of carbonyl (C=O) groups is 1.